The zero-order chi connectivity index (χ0) is 55.7. The van der Waals surface area contributed by atoms with Gasteiger partial charge in [-0.2, -0.15) is 0 Å². The number of phosphoric ester groups is 1. The van der Waals surface area contributed by atoms with Gasteiger partial charge in [-0.1, -0.05) is 260 Å². The number of phosphoric acid groups is 1. The molecule has 9 nitrogen and oxygen atoms in total. The quantitative estimate of drug-likeness (QED) is 0.0205. The number of hydrogen-bond donors (Lipinski definition) is 2. The normalized spacial score (nSPS) is 14.2. The van der Waals surface area contributed by atoms with E-state index in [9.17, 15) is 19.0 Å². The molecule has 0 aliphatic rings. The zero-order valence-electron chi connectivity index (χ0n) is 50.2. The van der Waals surface area contributed by atoms with Crippen molar-refractivity contribution in [3.63, 3.8) is 0 Å². The predicted molar refractivity (Wildman–Crippen MR) is 328 cm³/mol. The summed E-state index contributed by atoms with van der Waals surface area (Å²) < 4.78 is 30.7. The minimum Gasteiger partial charge on any atom is -0.456 e. The molecule has 0 saturated heterocycles. The van der Waals surface area contributed by atoms with Gasteiger partial charge < -0.3 is 19.4 Å². The first-order valence-corrected chi connectivity index (χ1v) is 32.9. The minimum atomic E-state index is -4.45. The molecule has 0 rings (SSSR count). The maximum absolute atomic E-state index is 13.5. The lowest BCUT2D eigenvalue weighted by atomic mass is 10.0. The van der Waals surface area contributed by atoms with E-state index < -0.39 is 20.0 Å². The maximum Gasteiger partial charge on any atom is 0.472 e. The number of nitrogens with zero attached hydrogens (tertiary/aromatic N) is 1. The van der Waals surface area contributed by atoms with E-state index >= 15 is 0 Å². The van der Waals surface area contributed by atoms with Gasteiger partial charge in [0.25, 0.3) is 0 Å². The van der Waals surface area contributed by atoms with E-state index in [2.05, 4.69) is 99.0 Å². The van der Waals surface area contributed by atoms with Crippen molar-refractivity contribution in [2.45, 2.75) is 283 Å². The topological polar surface area (TPSA) is 111 Å². The molecule has 0 spiro atoms. The van der Waals surface area contributed by atoms with Crippen molar-refractivity contribution >= 4 is 19.7 Å². The average Bonchev–Trinajstić information content (AvgIpc) is 3.38. The lowest BCUT2D eigenvalue weighted by molar-refractivity contribution is -0.870. The third kappa shape index (κ3) is 55.9. The number of quaternary nitrogens is 1. The fourth-order valence-corrected chi connectivity index (χ4v) is 9.50. The molecule has 3 atom stereocenters. The lowest BCUT2D eigenvalue weighted by Crippen LogP contribution is -2.47. The molecule has 0 radical (unpaired) electrons. The standard InChI is InChI=1S/C66H119N2O7P/c1-7-10-13-16-19-22-25-27-29-30-31-32-33-34-35-36-37-38-39-40-43-46-49-52-55-58-65(69)67-63(62-74-76(71,72)73-61-60-68(4,5)6)64(57-54-51-48-45-42-24-21-18-15-12-9-3)75-66(70)59-56-53-50-47-44-41-28-26-23-20-17-14-11-8-2/h10,13,19,22,27,29,31-32,34-35,37-38,54,57,63-64H,7-9,11-12,14-18,20-21,23-26,28,30,33,36,39-53,55-56,58-62H2,1-6H3,(H-,67,69,71,72)/p+1/b13-10-,22-19-,29-27-,32-31-,35-34-,38-37-,57-54-. The highest BCUT2D eigenvalue weighted by atomic mass is 31.2. The zero-order valence-corrected chi connectivity index (χ0v) is 51.1. The molecule has 10 heteroatoms. The fraction of sp³-hybridized carbons (Fsp3) is 0.758. The molecule has 0 saturated carbocycles. The molecule has 2 N–H and O–H groups in total. The Morgan fingerprint density at radius 1 is 0.474 bits per heavy atom. The summed E-state index contributed by atoms with van der Waals surface area (Å²) in [7, 11) is 1.48. The second-order valence-electron chi connectivity index (χ2n) is 22.2. The van der Waals surface area contributed by atoms with Crippen LogP contribution in [0.25, 0.3) is 0 Å². The van der Waals surface area contributed by atoms with E-state index in [4.69, 9.17) is 13.8 Å². The Hall–Kier alpha value is -2.81. The molecule has 440 valence electrons. The monoisotopic (exact) mass is 1080 g/mol. The second-order valence-corrected chi connectivity index (χ2v) is 23.7. The second kappa shape index (κ2) is 55.5. The molecule has 0 heterocycles. The molecular weight excluding hydrogens is 964 g/mol. The predicted octanol–water partition coefficient (Wildman–Crippen LogP) is 19.4. The van der Waals surface area contributed by atoms with Gasteiger partial charge in [0.15, 0.2) is 0 Å². The van der Waals surface area contributed by atoms with Crippen LogP contribution in [0.4, 0.5) is 0 Å². The number of allylic oxidation sites excluding steroid dienone is 13. The van der Waals surface area contributed by atoms with Crippen LogP contribution >= 0.6 is 7.82 Å². The van der Waals surface area contributed by atoms with E-state index in [1.807, 2.05) is 33.3 Å². The first-order valence-electron chi connectivity index (χ1n) is 31.4. The molecule has 0 aliphatic heterocycles. The van der Waals surface area contributed by atoms with Crippen LogP contribution in [0.5, 0.6) is 0 Å². The van der Waals surface area contributed by atoms with Crippen LogP contribution in [-0.4, -0.2) is 74.3 Å². The van der Waals surface area contributed by atoms with Crippen molar-refractivity contribution < 1.29 is 37.3 Å². The van der Waals surface area contributed by atoms with Gasteiger partial charge >= 0.3 is 13.8 Å². The summed E-state index contributed by atoms with van der Waals surface area (Å²) in [6.07, 6.45) is 72.9. The van der Waals surface area contributed by atoms with Crippen LogP contribution in [0, 0.1) is 0 Å². The molecule has 76 heavy (non-hydrogen) atoms. The lowest BCUT2D eigenvalue weighted by Gasteiger charge is -2.27. The van der Waals surface area contributed by atoms with Crippen molar-refractivity contribution in [1.82, 2.24) is 5.32 Å². The Balaban J connectivity index is 5.17. The number of hydrogen-bond acceptors (Lipinski definition) is 6. The summed E-state index contributed by atoms with van der Waals surface area (Å²) in [4.78, 5) is 37.7. The minimum absolute atomic E-state index is 0.0348. The number of unbranched alkanes of at least 4 members (excludes halogenated alkanes) is 28. The first-order chi connectivity index (χ1) is 36.9. The first kappa shape index (κ1) is 73.2. The molecule has 3 unspecified atom stereocenters. The van der Waals surface area contributed by atoms with E-state index in [1.54, 1.807) is 0 Å². The van der Waals surface area contributed by atoms with Gasteiger partial charge in [0.05, 0.1) is 33.8 Å². The Morgan fingerprint density at radius 3 is 1.26 bits per heavy atom. The number of rotatable bonds is 56. The highest BCUT2D eigenvalue weighted by Crippen LogP contribution is 2.43. The molecule has 0 aromatic heterocycles. The molecule has 0 aromatic carbocycles. The van der Waals surface area contributed by atoms with Crippen molar-refractivity contribution in [1.29, 1.82) is 0 Å². The number of carbonyl (C=O) groups excluding carboxylic acids is 2. The summed E-state index contributed by atoms with van der Waals surface area (Å²) in [5.41, 5.74) is 0. The summed E-state index contributed by atoms with van der Waals surface area (Å²) in [6, 6.07) is -0.858. The number of amides is 1. The van der Waals surface area contributed by atoms with Crippen LogP contribution < -0.4 is 5.32 Å². The maximum atomic E-state index is 13.5. The van der Waals surface area contributed by atoms with Gasteiger partial charge in [0, 0.05) is 12.8 Å². The number of ether oxygens (including phenoxy) is 1. The van der Waals surface area contributed by atoms with E-state index in [-0.39, 0.29) is 31.5 Å². The molecular formula is C66H120N2O7P+. The number of nitrogens with one attached hydrogen (secondary N) is 1. The van der Waals surface area contributed by atoms with Crippen molar-refractivity contribution in [2.24, 2.45) is 0 Å². The number of carbonyl (C=O) groups is 2. The summed E-state index contributed by atoms with van der Waals surface area (Å²) in [6.45, 7) is 6.89. The third-order valence-electron chi connectivity index (χ3n) is 13.6. The van der Waals surface area contributed by atoms with Crippen molar-refractivity contribution in [3.8, 4) is 0 Å². The van der Waals surface area contributed by atoms with Crippen LogP contribution in [0.2, 0.25) is 0 Å². The Labute approximate surface area is 469 Å². The van der Waals surface area contributed by atoms with Crippen LogP contribution in [0.3, 0.4) is 0 Å². The van der Waals surface area contributed by atoms with E-state index in [1.165, 1.54) is 116 Å². The van der Waals surface area contributed by atoms with Crippen molar-refractivity contribution in [3.05, 3.63) is 85.1 Å². The van der Waals surface area contributed by atoms with Gasteiger partial charge in [0.1, 0.15) is 19.3 Å². The Kier molecular flexibility index (Phi) is 53.5. The smallest absolute Gasteiger partial charge is 0.456 e. The molecule has 0 bridgehead atoms. The SMILES string of the molecule is CC/C=C\C/C=C\C/C=C\C/C=C\C/C=C\C/C=C\CCCCCCCCC(=O)NC(COP(=O)(O)OCC[N+](C)(C)C)C(/C=C\CCCCCCCCCCC)OC(=O)CCCCCCCCCCCCCCCC. The molecule has 0 fully saturated rings. The van der Waals surface area contributed by atoms with E-state index in [0.717, 1.165) is 122 Å². The van der Waals surface area contributed by atoms with E-state index in [0.29, 0.717) is 17.4 Å². The largest absolute Gasteiger partial charge is 0.472 e. The summed E-state index contributed by atoms with van der Waals surface area (Å²) in [5, 5.41) is 3.05. The highest BCUT2D eigenvalue weighted by Gasteiger charge is 2.30. The number of likely N-dealkylation sites (N-methyl/N-ethyl adjacent to an activating group) is 1. The van der Waals surface area contributed by atoms with Gasteiger partial charge in [-0.05, 0) is 83.1 Å². The highest BCUT2D eigenvalue weighted by molar-refractivity contribution is 7.47. The number of esters is 1. The summed E-state index contributed by atoms with van der Waals surface area (Å²) in [5.74, 6) is -0.520. The van der Waals surface area contributed by atoms with Gasteiger partial charge in [-0.25, -0.2) is 4.57 Å². The van der Waals surface area contributed by atoms with Gasteiger partial charge in [0.2, 0.25) is 5.91 Å². The van der Waals surface area contributed by atoms with Crippen LogP contribution in [0.15, 0.2) is 85.1 Å². The third-order valence-corrected chi connectivity index (χ3v) is 14.6. The summed E-state index contributed by atoms with van der Waals surface area (Å²) >= 11 is 0. The van der Waals surface area contributed by atoms with Crippen LogP contribution in [0.1, 0.15) is 271 Å². The average molecular weight is 1080 g/mol. The van der Waals surface area contributed by atoms with Gasteiger partial charge in [-0.15, -0.1) is 0 Å². The van der Waals surface area contributed by atoms with Gasteiger partial charge in [-0.3, -0.25) is 18.6 Å². The van der Waals surface area contributed by atoms with Crippen molar-refractivity contribution in [2.75, 3.05) is 40.9 Å². The Morgan fingerprint density at radius 2 is 0.842 bits per heavy atom. The molecule has 1 amide bonds. The Bertz CT molecular complexity index is 1580. The molecule has 0 aromatic rings. The molecule has 0 aliphatic carbocycles. The van der Waals surface area contributed by atoms with Crippen LogP contribution in [-0.2, 0) is 27.9 Å². The fourth-order valence-electron chi connectivity index (χ4n) is 8.77.